The van der Waals surface area contributed by atoms with E-state index in [0.717, 1.165) is 0 Å². The minimum absolute atomic E-state index is 0.0589. The van der Waals surface area contributed by atoms with Crippen LogP contribution in [0.2, 0.25) is 36.4 Å². The van der Waals surface area contributed by atoms with Crippen molar-refractivity contribution in [2.24, 2.45) is 0 Å². The molecule has 2 aromatic carbocycles. The van der Waals surface area contributed by atoms with Crippen LogP contribution in [0.4, 0.5) is 0 Å². The zero-order valence-corrected chi connectivity index (χ0v) is 24.9. The van der Waals surface area contributed by atoms with Crippen LogP contribution in [-0.4, -0.2) is 0 Å². The molecule has 1 atom stereocenters. The van der Waals surface area contributed by atoms with E-state index in [0.29, 0.717) is 3.67 Å². The van der Waals surface area contributed by atoms with E-state index in [2.05, 4.69) is 113 Å². The number of rotatable bonds is 6. The summed E-state index contributed by atoms with van der Waals surface area (Å²) in [5.74, 6) is 0. The fourth-order valence-corrected chi connectivity index (χ4v) is 41.2. The number of fused-ring (bicyclic) bond motifs is 3. The summed E-state index contributed by atoms with van der Waals surface area (Å²) >= 11 is -5.70. The maximum absolute atomic E-state index is 5.70. The van der Waals surface area contributed by atoms with Gasteiger partial charge in [-0.15, -0.1) is 0 Å². The Kier molecular flexibility index (Phi) is 3.20. The number of hydrogen-bond acceptors (Lipinski definition) is 0. The first kappa shape index (κ1) is 23.0. The van der Waals surface area contributed by atoms with Gasteiger partial charge in [0.25, 0.3) is 0 Å². The van der Waals surface area contributed by atoms with Crippen LogP contribution in [-0.2, 0) is 15.8 Å². The molecule has 0 spiro atoms. The Morgan fingerprint density at radius 1 is 0.806 bits per heavy atom. The summed E-state index contributed by atoms with van der Waals surface area (Å²) in [5, 5.41) is 2.80. The zero-order chi connectivity index (χ0) is 23.0. The van der Waals surface area contributed by atoms with Crippen molar-refractivity contribution in [2.45, 2.75) is 72.2 Å². The molecule has 1 heteroatoms. The van der Waals surface area contributed by atoms with Crippen LogP contribution in [0.3, 0.4) is 0 Å². The SMILES string of the molecule is CCCCC[C]1([Hf]([CH3])([CH3])([CH3])([CH3])([CH3])([CH3])([CH3])[CH]2C=CC=C2)C=Cc2ccc3ccccc3c21. The Morgan fingerprint density at radius 3 is 2.10 bits per heavy atom. The van der Waals surface area contributed by atoms with E-state index in [9.17, 15) is 0 Å². The predicted octanol–water partition coefficient (Wildman–Crippen LogP) is 10.7. The monoisotopic (exact) mass is 585 g/mol. The number of allylic oxidation sites excluding steroid dienone is 5. The summed E-state index contributed by atoms with van der Waals surface area (Å²) in [5.41, 5.74) is 2.99. The van der Waals surface area contributed by atoms with E-state index in [4.69, 9.17) is 0 Å². The molecular formula is C30H45Hf. The third-order valence-corrected chi connectivity index (χ3v) is 56.8. The Morgan fingerprint density at radius 2 is 1.45 bits per heavy atom. The third kappa shape index (κ3) is 2.68. The molecule has 1 unspecified atom stereocenters. The zero-order valence-electron chi connectivity index (χ0n) is 21.3. The first-order chi connectivity index (χ1) is 13.8. The second-order valence-electron chi connectivity index (χ2n) is 21.2. The molecule has 0 saturated heterocycles. The van der Waals surface area contributed by atoms with Crippen molar-refractivity contribution in [2.75, 3.05) is 0 Å². The Bertz CT molecular complexity index is 1240. The fourth-order valence-electron chi connectivity index (χ4n) is 7.80. The van der Waals surface area contributed by atoms with E-state index < -0.39 is 12.6 Å². The van der Waals surface area contributed by atoms with Crippen LogP contribution in [0.25, 0.3) is 16.8 Å². The molecule has 2 aromatic rings. The summed E-state index contributed by atoms with van der Waals surface area (Å²) in [4.78, 5) is 0. The van der Waals surface area contributed by atoms with Crippen LogP contribution < -0.4 is 0 Å². The third-order valence-electron chi connectivity index (χ3n) is 10.8. The summed E-state index contributed by atoms with van der Waals surface area (Å²) in [6.07, 6.45) is 19.7. The van der Waals surface area contributed by atoms with E-state index in [1.807, 2.05) is 0 Å². The molecule has 0 aliphatic heterocycles. The van der Waals surface area contributed by atoms with Gasteiger partial charge in [0.05, 0.1) is 0 Å². The van der Waals surface area contributed by atoms with Gasteiger partial charge in [-0.1, -0.05) is 0 Å². The summed E-state index contributed by atoms with van der Waals surface area (Å²) < 4.78 is 19.6. The normalized spacial score (nSPS) is 27.7. The van der Waals surface area contributed by atoms with Crippen LogP contribution in [0, 0.1) is 0 Å². The van der Waals surface area contributed by atoms with Crippen molar-refractivity contribution in [3.8, 4) is 0 Å². The number of unbranched alkanes of at least 4 members (excludes halogenated alkanes) is 2. The molecule has 0 fully saturated rings. The second kappa shape index (κ2) is 4.31. The van der Waals surface area contributed by atoms with Gasteiger partial charge in [0.1, 0.15) is 0 Å². The first-order valence-corrected chi connectivity index (χ1v) is 41.7. The van der Waals surface area contributed by atoms with Crippen molar-refractivity contribution in [1.29, 1.82) is 0 Å². The Labute approximate surface area is 178 Å². The molecule has 169 valence electrons. The molecule has 0 bridgehead atoms. The van der Waals surface area contributed by atoms with E-state index >= 15 is 0 Å². The Balaban J connectivity index is 2.27. The average molecular weight is 584 g/mol. The predicted molar refractivity (Wildman–Crippen MR) is 142 cm³/mol. The molecule has 0 aromatic heterocycles. The van der Waals surface area contributed by atoms with Gasteiger partial charge in [-0.25, -0.2) is 0 Å². The van der Waals surface area contributed by atoms with Gasteiger partial charge in [-0.05, 0) is 0 Å². The molecule has 0 saturated carbocycles. The molecule has 0 amide bonds. The van der Waals surface area contributed by atoms with Crippen molar-refractivity contribution in [3.05, 3.63) is 77.9 Å². The molecule has 31 heavy (non-hydrogen) atoms. The van der Waals surface area contributed by atoms with Crippen molar-refractivity contribution >= 4 is 16.8 Å². The average Bonchev–Trinajstić information content (AvgIpc) is 3.31. The molecule has 4 rings (SSSR count). The standard InChI is InChI=1S/C18H19.C5H5.7CH3.Hf/c1-2-3-4-8-15-12-13-16-11-10-14-7-5-6-9-17(14)18(15)16;1-2-4-5-3-1;;;;;;;;/h5-7,9-13H,2-4,8H2,1H3;1-5H;7*1H3;. The van der Waals surface area contributed by atoms with Crippen molar-refractivity contribution in [3.63, 3.8) is 0 Å². The molecule has 0 heterocycles. The van der Waals surface area contributed by atoms with Crippen molar-refractivity contribution in [1.82, 2.24) is 0 Å². The van der Waals surface area contributed by atoms with Crippen molar-refractivity contribution < 1.29 is 12.6 Å². The van der Waals surface area contributed by atoms with Gasteiger partial charge in [0.15, 0.2) is 0 Å². The van der Waals surface area contributed by atoms with E-state index in [1.165, 1.54) is 42.0 Å². The van der Waals surface area contributed by atoms with Crippen LogP contribution in [0.1, 0.15) is 43.7 Å². The molecule has 2 aliphatic rings. The second-order valence-corrected chi connectivity index (χ2v) is 130. The molecular weight excluding hydrogens is 539 g/mol. The minimum atomic E-state index is -5.70. The van der Waals surface area contributed by atoms with Crippen LogP contribution in [0.5, 0.6) is 0 Å². The Hall–Kier alpha value is -1.21. The topological polar surface area (TPSA) is 0 Å². The molecule has 0 N–H and O–H groups in total. The number of hydrogen-bond donors (Lipinski definition) is 0. The van der Waals surface area contributed by atoms with Gasteiger partial charge >= 0.3 is 180 Å². The van der Waals surface area contributed by atoms with Gasteiger partial charge in [-0.2, -0.15) is 0 Å². The van der Waals surface area contributed by atoms with Gasteiger partial charge in [-0.3, -0.25) is 0 Å². The van der Waals surface area contributed by atoms with Crippen LogP contribution in [0.15, 0.2) is 66.8 Å². The fraction of sp³-hybridized carbons (Fsp3) is 0.467. The summed E-state index contributed by atoms with van der Waals surface area (Å²) in [6.45, 7) is 2.32. The summed E-state index contributed by atoms with van der Waals surface area (Å²) in [6, 6.07) is 13.7. The van der Waals surface area contributed by atoms with Crippen LogP contribution >= 0.6 is 0 Å². The van der Waals surface area contributed by atoms with E-state index in [-0.39, 0.29) is 3.17 Å². The first-order valence-electron chi connectivity index (χ1n) is 12.7. The summed E-state index contributed by atoms with van der Waals surface area (Å²) in [7, 11) is 0. The van der Waals surface area contributed by atoms with Gasteiger partial charge in [0, 0.05) is 0 Å². The maximum atomic E-state index is 2.75. The molecule has 0 radical (unpaired) electrons. The quantitative estimate of drug-likeness (QED) is 0.234. The number of benzene rings is 2. The van der Waals surface area contributed by atoms with Gasteiger partial charge < -0.3 is 0 Å². The molecule has 2 aliphatic carbocycles. The molecule has 0 nitrogen and oxygen atoms in total. The van der Waals surface area contributed by atoms with Gasteiger partial charge in [0.2, 0.25) is 0 Å². The van der Waals surface area contributed by atoms with E-state index in [1.54, 1.807) is 5.56 Å².